The lowest BCUT2D eigenvalue weighted by Gasteiger charge is -2.17. The number of rotatable bonds is 7. The third-order valence-corrected chi connectivity index (χ3v) is 3.25. The van der Waals surface area contributed by atoms with Gasteiger partial charge in [0, 0.05) is 17.8 Å². The van der Waals surface area contributed by atoms with Crippen molar-refractivity contribution in [1.82, 2.24) is 4.90 Å². The van der Waals surface area contributed by atoms with Gasteiger partial charge in [-0.15, -0.1) is 0 Å². The van der Waals surface area contributed by atoms with Crippen LogP contribution in [0.5, 0.6) is 0 Å². The molecule has 100 valence electrons. The van der Waals surface area contributed by atoms with Crippen LogP contribution in [0.3, 0.4) is 0 Å². The summed E-state index contributed by atoms with van der Waals surface area (Å²) in [7, 11) is 0. The maximum absolute atomic E-state index is 5.62. The molecule has 0 aliphatic carbocycles. The lowest BCUT2D eigenvalue weighted by atomic mass is 10.2. The minimum Gasteiger partial charge on any atom is -0.483 e. The highest BCUT2D eigenvalue weighted by atomic mass is 32.1. The van der Waals surface area contributed by atoms with Crippen molar-refractivity contribution in [2.45, 2.75) is 20.3 Å². The Kier molecular flexibility index (Phi) is 6.68. The highest BCUT2D eigenvalue weighted by molar-refractivity contribution is 7.80. The summed E-state index contributed by atoms with van der Waals surface area (Å²) in [5.74, 6) is 0. The van der Waals surface area contributed by atoms with Crippen LogP contribution in [0, 0.1) is 0 Å². The summed E-state index contributed by atoms with van der Waals surface area (Å²) >= 11 is 5.22. The van der Waals surface area contributed by atoms with Gasteiger partial charge in [0.15, 0.2) is 5.05 Å². The Morgan fingerprint density at radius 2 is 1.83 bits per heavy atom. The highest BCUT2D eigenvalue weighted by Gasteiger charge is 2.03. The molecule has 18 heavy (non-hydrogen) atoms. The van der Waals surface area contributed by atoms with Crippen LogP contribution in [0.1, 0.15) is 25.8 Å². The molecule has 0 spiro atoms. The van der Waals surface area contributed by atoms with Crippen molar-refractivity contribution in [2.75, 3.05) is 32.0 Å². The van der Waals surface area contributed by atoms with Crippen LogP contribution in [-0.2, 0) is 4.74 Å². The third kappa shape index (κ3) is 5.02. The molecule has 0 aliphatic heterocycles. The molecule has 0 unspecified atom stereocenters. The van der Waals surface area contributed by atoms with Crippen molar-refractivity contribution < 1.29 is 4.74 Å². The molecule has 0 aromatic heterocycles. The number of ether oxygens (including phenoxy) is 1. The van der Waals surface area contributed by atoms with Crippen molar-refractivity contribution >= 4 is 23.0 Å². The minimum absolute atomic E-state index is 0.551. The van der Waals surface area contributed by atoms with E-state index in [0.717, 1.165) is 37.3 Å². The van der Waals surface area contributed by atoms with Crippen molar-refractivity contribution in [3.63, 3.8) is 0 Å². The first kappa shape index (κ1) is 14.9. The molecule has 0 radical (unpaired) electrons. The molecular formula is C14H22N2OS. The molecule has 0 atom stereocenters. The molecule has 3 nitrogen and oxygen atoms in total. The van der Waals surface area contributed by atoms with Crippen molar-refractivity contribution in [3.05, 3.63) is 29.8 Å². The van der Waals surface area contributed by atoms with Gasteiger partial charge in [-0.2, -0.15) is 0 Å². The first-order valence-corrected chi connectivity index (χ1v) is 6.83. The molecule has 0 amide bonds. The zero-order valence-electron chi connectivity index (χ0n) is 11.2. The van der Waals surface area contributed by atoms with Gasteiger partial charge in [0.05, 0.1) is 6.61 Å². The van der Waals surface area contributed by atoms with Crippen LogP contribution in [0.25, 0.3) is 0 Å². The van der Waals surface area contributed by atoms with Crippen LogP contribution < -0.4 is 5.73 Å². The van der Waals surface area contributed by atoms with Gasteiger partial charge in [-0.05, 0) is 56.0 Å². The van der Waals surface area contributed by atoms with Crippen molar-refractivity contribution in [2.24, 2.45) is 0 Å². The molecule has 4 heteroatoms. The van der Waals surface area contributed by atoms with Crippen LogP contribution in [0.15, 0.2) is 24.3 Å². The van der Waals surface area contributed by atoms with Gasteiger partial charge in [0.1, 0.15) is 0 Å². The lowest BCUT2D eigenvalue weighted by Crippen LogP contribution is -2.25. The maximum atomic E-state index is 5.62. The maximum Gasteiger partial charge on any atom is 0.191 e. The molecule has 0 heterocycles. The fraction of sp³-hybridized carbons (Fsp3) is 0.500. The number of hydrogen-bond donors (Lipinski definition) is 1. The molecule has 1 aromatic carbocycles. The van der Waals surface area contributed by atoms with Gasteiger partial charge in [-0.3, -0.25) is 0 Å². The van der Waals surface area contributed by atoms with E-state index in [9.17, 15) is 0 Å². The Morgan fingerprint density at radius 1 is 1.22 bits per heavy atom. The van der Waals surface area contributed by atoms with Crippen LogP contribution in [0.2, 0.25) is 0 Å². The average molecular weight is 266 g/mol. The van der Waals surface area contributed by atoms with Crippen molar-refractivity contribution in [1.29, 1.82) is 0 Å². The molecule has 0 saturated carbocycles. The molecule has 2 N–H and O–H groups in total. The lowest BCUT2D eigenvalue weighted by molar-refractivity contribution is 0.246. The average Bonchev–Trinajstić information content (AvgIpc) is 2.39. The van der Waals surface area contributed by atoms with Gasteiger partial charge in [0.25, 0.3) is 0 Å². The number of benzene rings is 1. The highest BCUT2D eigenvalue weighted by Crippen LogP contribution is 2.08. The normalized spacial score (nSPS) is 10.6. The first-order chi connectivity index (χ1) is 8.67. The standard InChI is InChI=1S/C14H22N2OS/c1-3-16(4-2)10-5-11-17-14(18)12-6-8-13(15)9-7-12/h6-9H,3-5,10-11,15H2,1-2H3. The fourth-order valence-electron chi connectivity index (χ4n) is 1.70. The van der Waals surface area contributed by atoms with E-state index in [1.165, 1.54) is 0 Å². The van der Waals surface area contributed by atoms with E-state index in [0.29, 0.717) is 11.7 Å². The zero-order chi connectivity index (χ0) is 13.4. The Hall–Kier alpha value is -1.13. The molecule has 1 rings (SSSR count). The zero-order valence-corrected chi connectivity index (χ0v) is 12.0. The predicted octanol–water partition coefficient (Wildman–Crippen LogP) is 2.69. The van der Waals surface area contributed by atoms with Gasteiger partial charge in [-0.1, -0.05) is 13.8 Å². The minimum atomic E-state index is 0.551. The SMILES string of the molecule is CCN(CC)CCCOC(=S)c1ccc(N)cc1. The molecule has 0 saturated heterocycles. The van der Waals surface area contributed by atoms with Crippen LogP contribution in [-0.4, -0.2) is 36.2 Å². The number of thiocarbonyl (C=S) groups is 1. The first-order valence-electron chi connectivity index (χ1n) is 6.42. The van der Waals surface area contributed by atoms with Gasteiger partial charge in [0.2, 0.25) is 0 Å². The Labute approximate surface area is 115 Å². The van der Waals surface area contributed by atoms with E-state index >= 15 is 0 Å². The summed E-state index contributed by atoms with van der Waals surface area (Å²) < 4.78 is 5.57. The van der Waals surface area contributed by atoms with Crippen LogP contribution in [0.4, 0.5) is 5.69 Å². The molecule has 0 fully saturated rings. The Morgan fingerprint density at radius 3 is 2.39 bits per heavy atom. The summed E-state index contributed by atoms with van der Waals surface area (Å²) in [4.78, 5) is 2.37. The van der Waals surface area contributed by atoms with Crippen molar-refractivity contribution in [3.8, 4) is 0 Å². The molecular weight excluding hydrogens is 244 g/mol. The second-order valence-electron chi connectivity index (χ2n) is 4.14. The Bertz CT molecular complexity index is 361. The summed E-state index contributed by atoms with van der Waals surface area (Å²) in [6, 6.07) is 7.45. The van der Waals surface area contributed by atoms with E-state index < -0.39 is 0 Å². The monoisotopic (exact) mass is 266 g/mol. The molecule has 1 aromatic rings. The number of nitrogens with zero attached hydrogens (tertiary/aromatic N) is 1. The van der Waals surface area contributed by atoms with E-state index in [4.69, 9.17) is 22.7 Å². The number of anilines is 1. The van der Waals surface area contributed by atoms with E-state index in [1.54, 1.807) is 0 Å². The number of nitrogen functional groups attached to an aromatic ring is 1. The summed E-state index contributed by atoms with van der Waals surface area (Å²) in [5.41, 5.74) is 7.28. The Balaban J connectivity index is 2.27. The number of nitrogens with two attached hydrogens (primary N) is 1. The summed E-state index contributed by atoms with van der Waals surface area (Å²) in [5, 5.41) is 0.551. The third-order valence-electron chi connectivity index (χ3n) is 2.89. The number of hydrogen-bond acceptors (Lipinski definition) is 4. The largest absolute Gasteiger partial charge is 0.483 e. The smallest absolute Gasteiger partial charge is 0.191 e. The second kappa shape index (κ2) is 8.06. The second-order valence-corrected chi connectivity index (χ2v) is 4.51. The van der Waals surface area contributed by atoms with Gasteiger partial charge in [-0.25, -0.2) is 0 Å². The fourth-order valence-corrected chi connectivity index (χ4v) is 1.91. The predicted molar refractivity (Wildman–Crippen MR) is 80.9 cm³/mol. The van der Waals surface area contributed by atoms with Gasteiger partial charge >= 0.3 is 0 Å². The van der Waals surface area contributed by atoms with E-state index in [-0.39, 0.29) is 0 Å². The van der Waals surface area contributed by atoms with Crippen LogP contribution >= 0.6 is 12.2 Å². The molecule has 0 bridgehead atoms. The quantitative estimate of drug-likeness (QED) is 0.468. The summed E-state index contributed by atoms with van der Waals surface area (Å²) in [6.07, 6.45) is 0.997. The summed E-state index contributed by atoms with van der Waals surface area (Å²) in [6.45, 7) is 8.22. The van der Waals surface area contributed by atoms with Gasteiger partial charge < -0.3 is 15.4 Å². The topological polar surface area (TPSA) is 38.5 Å². The molecule has 0 aliphatic rings. The van der Waals surface area contributed by atoms with E-state index in [1.807, 2.05) is 24.3 Å². The van der Waals surface area contributed by atoms with E-state index in [2.05, 4.69) is 18.7 Å².